The smallest absolute Gasteiger partial charge is 0.330 e. The minimum atomic E-state index is -4.67. The second kappa shape index (κ2) is 3.78. The van der Waals surface area contributed by atoms with Crippen LogP contribution in [0.3, 0.4) is 0 Å². The summed E-state index contributed by atoms with van der Waals surface area (Å²) in [6.45, 7) is 0. The van der Waals surface area contributed by atoms with E-state index in [4.69, 9.17) is 32.8 Å². The number of rotatable bonds is 0. The molecule has 9 heteroatoms. The fourth-order valence-electron chi connectivity index (χ4n) is 0. The van der Waals surface area contributed by atoms with Crippen molar-refractivity contribution >= 4 is 10.4 Å². The quantitative estimate of drug-likeness (QED) is 0.167. The largest absolute Gasteiger partial charge is 0.394 e. The van der Waals surface area contributed by atoms with Crippen LogP contribution in [0.1, 0.15) is 0 Å². The van der Waals surface area contributed by atoms with Gasteiger partial charge in [0.1, 0.15) is 0 Å². The fraction of sp³-hybridized carbons (Fsp3) is 1.00. The summed E-state index contributed by atoms with van der Waals surface area (Å²) in [4.78, 5) is 0. The Labute approximate surface area is 56.1 Å². The predicted octanol–water partition coefficient (Wildman–Crippen LogP) is -3.12. The SMILES string of the molecule is NC(O)(O)O.O=S(=O)(O)O. The van der Waals surface area contributed by atoms with Crippen molar-refractivity contribution in [3.8, 4) is 0 Å². The molecule has 0 heterocycles. The molecule has 10 heavy (non-hydrogen) atoms. The normalized spacial score (nSPS) is 11.8. The highest BCUT2D eigenvalue weighted by atomic mass is 32.3. The summed E-state index contributed by atoms with van der Waals surface area (Å²) in [6.07, 6.45) is -3.00. The summed E-state index contributed by atoms with van der Waals surface area (Å²) in [7, 11) is -4.67. The zero-order valence-corrected chi connectivity index (χ0v) is 5.35. The highest BCUT2D eigenvalue weighted by Gasteiger charge is 2.04. The summed E-state index contributed by atoms with van der Waals surface area (Å²) < 4.78 is 31.6. The molecule has 64 valence electrons. The summed E-state index contributed by atoms with van der Waals surface area (Å²) in [5.41, 5.74) is 4.02. The Bertz CT molecular complexity index is 149. The van der Waals surface area contributed by atoms with Crippen LogP contribution in [0.25, 0.3) is 0 Å². The topological polar surface area (TPSA) is 161 Å². The van der Waals surface area contributed by atoms with Gasteiger partial charge in [0.15, 0.2) is 0 Å². The third kappa shape index (κ3) is 4130. The molecule has 0 aromatic heterocycles. The van der Waals surface area contributed by atoms with Gasteiger partial charge in [-0.1, -0.05) is 0 Å². The van der Waals surface area contributed by atoms with Crippen LogP contribution >= 0.6 is 0 Å². The Morgan fingerprint density at radius 2 is 1.10 bits per heavy atom. The number of aliphatic hydroxyl groups is 3. The first kappa shape index (κ1) is 12.4. The third-order valence-corrected chi connectivity index (χ3v) is 0. The minimum absolute atomic E-state index is 3.00. The lowest BCUT2D eigenvalue weighted by Gasteiger charge is -2.01. The Hall–Kier alpha value is -0.290. The lowest BCUT2D eigenvalue weighted by atomic mass is 11.1. The van der Waals surface area contributed by atoms with E-state index in [0.29, 0.717) is 0 Å². The maximum atomic E-state index is 8.74. The second-order valence-electron chi connectivity index (χ2n) is 1.14. The molecule has 0 saturated heterocycles. The second-order valence-corrected chi connectivity index (χ2v) is 2.03. The van der Waals surface area contributed by atoms with Gasteiger partial charge in [-0.25, -0.2) is 0 Å². The molecular formula is CH7NO7S. The molecule has 0 fully saturated rings. The van der Waals surface area contributed by atoms with Crippen molar-refractivity contribution in [2.24, 2.45) is 5.73 Å². The highest BCUT2D eigenvalue weighted by Crippen LogP contribution is 1.69. The first-order valence-corrected chi connectivity index (χ1v) is 3.05. The van der Waals surface area contributed by atoms with E-state index in [9.17, 15) is 0 Å². The monoisotopic (exact) mass is 177 g/mol. The molecule has 0 atom stereocenters. The van der Waals surface area contributed by atoms with E-state index in [2.05, 4.69) is 5.73 Å². The lowest BCUT2D eigenvalue weighted by molar-refractivity contribution is -0.306. The van der Waals surface area contributed by atoms with Crippen molar-refractivity contribution < 1.29 is 32.8 Å². The number of hydrogen-bond acceptors (Lipinski definition) is 6. The first-order chi connectivity index (χ1) is 4.00. The van der Waals surface area contributed by atoms with E-state index in [0.717, 1.165) is 0 Å². The summed E-state index contributed by atoms with van der Waals surface area (Å²) in [5.74, 6) is 0. The van der Waals surface area contributed by atoms with Gasteiger partial charge in [-0.2, -0.15) is 8.42 Å². The van der Waals surface area contributed by atoms with Gasteiger partial charge in [0, 0.05) is 0 Å². The Balaban J connectivity index is 0. The van der Waals surface area contributed by atoms with E-state index in [1.165, 1.54) is 0 Å². The molecule has 0 aromatic carbocycles. The van der Waals surface area contributed by atoms with Crippen molar-refractivity contribution in [2.75, 3.05) is 0 Å². The molecule has 8 nitrogen and oxygen atoms in total. The van der Waals surface area contributed by atoms with Gasteiger partial charge >= 0.3 is 16.5 Å². The van der Waals surface area contributed by atoms with Gasteiger partial charge in [-0.05, 0) is 0 Å². The van der Waals surface area contributed by atoms with Crippen LogP contribution in [-0.4, -0.2) is 38.9 Å². The van der Waals surface area contributed by atoms with E-state index in [1.54, 1.807) is 0 Å². The van der Waals surface area contributed by atoms with Gasteiger partial charge in [-0.3, -0.25) is 14.8 Å². The van der Waals surface area contributed by atoms with Crippen LogP contribution in [0.15, 0.2) is 0 Å². The minimum Gasteiger partial charge on any atom is -0.330 e. The molecular weight excluding hydrogens is 170 g/mol. The summed E-state index contributed by atoms with van der Waals surface area (Å²) >= 11 is 0. The maximum absolute atomic E-state index is 8.74. The fourth-order valence-corrected chi connectivity index (χ4v) is 0. The van der Waals surface area contributed by atoms with Gasteiger partial charge in [0.25, 0.3) is 0 Å². The zero-order valence-electron chi connectivity index (χ0n) is 4.54. The van der Waals surface area contributed by atoms with Crippen LogP contribution in [0.4, 0.5) is 0 Å². The molecule has 0 saturated carbocycles. The van der Waals surface area contributed by atoms with Crippen LogP contribution in [-0.2, 0) is 10.4 Å². The first-order valence-electron chi connectivity index (χ1n) is 1.66. The van der Waals surface area contributed by atoms with E-state index in [-0.39, 0.29) is 0 Å². The van der Waals surface area contributed by atoms with Gasteiger partial charge in [0.05, 0.1) is 0 Å². The molecule has 0 bridgehead atoms. The van der Waals surface area contributed by atoms with Crippen LogP contribution in [0.5, 0.6) is 0 Å². The van der Waals surface area contributed by atoms with Crippen LogP contribution < -0.4 is 5.73 Å². The molecule has 0 unspecified atom stereocenters. The molecule has 0 aliphatic rings. The highest BCUT2D eigenvalue weighted by molar-refractivity contribution is 7.79. The van der Waals surface area contributed by atoms with Crippen molar-refractivity contribution in [1.82, 2.24) is 0 Å². The molecule has 0 rings (SSSR count). The molecule has 0 spiro atoms. The standard InChI is InChI=1S/CH5NO3.H2O4S/c2-1(3,4)5;1-5(2,3)4/h3-5H,2H2;(H2,1,2,3,4). The molecule has 0 amide bonds. The average Bonchev–Trinajstić information content (AvgIpc) is 1.12. The predicted molar refractivity (Wildman–Crippen MR) is 27.8 cm³/mol. The number of hydrogen-bond donors (Lipinski definition) is 6. The molecule has 0 aliphatic heterocycles. The van der Waals surface area contributed by atoms with Crippen molar-refractivity contribution in [1.29, 1.82) is 0 Å². The third-order valence-electron chi connectivity index (χ3n) is 0. The summed E-state index contributed by atoms with van der Waals surface area (Å²) in [5, 5.41) is 22.2. The summed E-state index contributed by atoms with van der Waals surface area (Å²) in [6, 6.07) is 0. The van der Waals surface area contributed by atoms with E-state index in [1.807, 2.05) is 0 Å². The number of nitrogens with two attached hydrogens (primary N) is 1. The van der Waals surface area contributed by atoms with Crippen LogP contribution in [0, 0.1) is 0 Å². The Morgan fingerprint density at radius 3 is 1.10 bits per heavy atom. The molecule has 0 aliphatic carbocycles. The maximum Gasteiger partial charge on any atom is 0.394 e. The lowest BCUT2D eigenvalue weighted by Crippen LogP contribution is -2.38. The van der Waals surface area contributed by atoms with Gasteiger partial charge < -0.3 is 15.3 Å². The van der Waals surface area contributed by atoms with Crippen LogP contribution in [0.2, 0.25) is 0 Å². The average molecular weight is 177 g/mol. The Morgan fingerprint density at radius 1 is 1.10 bits per heavy atom. The van der Waals surface area contributed by atoms with Gasteiger partial charge in [0.2, 0.25) is 0 Å². The Kier molecular flexibility index (Phi) is 4.68. The molecule has 0 aromatic rings. The van der Waals surface area contributed by atoms with Crippen molar-refractivity contribution in [3.05, 3.63) is 0 Å². The van der Waals surface area contributed by atoms with E-state index < -0.39 is 16.5 Å². The van der Waals surface area contributed by atoms with Crippen molar-refractivity contribution in [3.63, 3.8) is 0 Å². The van der Waals surface area contributed by atoms with Crippen molar-refractivity contribution in [2.45, 2.75) is 6.10 Å². The van der Waals surface area contributed by atoms with E-state index >= 15 is 0 Å². The van der Waals surface area contributed by atoms with Gasteiger partial charge in [-0.15, -0.1) is 0 Å². The molecule has 7 N–H and O–H groups in total. The molecule has 0 radical (unpaired) electrons. The zero-order chi connectivity index (χ0) is 9.00.